The number of amides is 1. The van der Waals surface area contributed by atoms with Crippen LogP contribution >= 0.6 is 43.2 Å². The summed E-state index contributed by atoms with van der Waals surface area (Å²) in [6, 6.07) is 3.58. The number of thiazole rings is 1. The van der Waals surface area contributed by atoms with Gasteiger partial charge in [-0.2, -0.15) is 4.39 Å². The second kappa shape index (κ2) is 7.97. The molecule has 10 heteroatoms. The Labute approximate surface area is 193 Å². The Balaban J connectivity index is 1.48. The number of carbonyl (C=O) groups is 1. The van der Waals surface area contributed by atoms with Gasteiger partial charge in [-0.3, -0.25) is 9.78 Å². The van der Waals surface area contributed by atoms with Crippen LogP contribution in [0.2, 0.25) is 0 Å². The Bertz CT molecular complexity index is 1150. The first-order valence-electron chi connectivity index (χ1n) is 9.55. The third-order valence-electron chi connectivity index (χ3n) is 5.26. The van der Waals surface area contributed by atoms with Crippen molar-refractivity contribution in [3.63, 3.8) is 0 Å². The molecule has 1 fully saturated rings. The summed E-state index contributed by atoms with van der Waals surface area (Å²) in [5, 5.41) is 0.473. The number of anilines is 2. The lowest BCUT2D eigenvalue weighted by molar-refractivity contribution is 0.0984. The standard InChI is InChI=1S/C20H16Br2FN5OS/c21-11-7-12(10-24-9-11)28-6-3-15-16(20(28)29)30-19(25-15)13-8-14(22)18(26-17(13)23)27-4-1-2-5-27/h7-10H,1-6H2. The highest BCUT2D eigenvalue weighted by molar-refractivity contribution is 9.10. The highest BCUT2D eigenvalue weighted by Crippen LogP contribution is 2.37. The number of halogens is 3. The maximum atomic E-state index is 14.9. The number of rotatable bonds is 3. The van der Waals surface area contributed by atoms with Crippen LogP contribution in [0.4, 0.5) is 15.9 Å². The van der Waals surface area contributed by atoms with Gasteiger partial charge >= 0.3 is 0 Å². The molecule has 0 aliphatic carbocycles. The van der Waals surface area contributed by atoms with Gasteiger partial charge in [0.25, 0.3) is 5.91 Å². The van der Waals surface area contributed by atoms with E-state index in [9.17, 15) is 9.18 Å². The van der Waals surface area contributed by atoms with E-state index in [1.165, 1.54) is 11.3 Å². The first-order chi connectivity index (χ1) is 14.5. The van der Waals surface area contributed by atoms with Crippen LogP contribution in [0.3, 0.4) is 0 Å². The van der Waals surface area contributed by atoms with Crippen LogP contribution < -0.4 is 9.80 Å². The summed E-state index contributed by atoms with van der Waals surface area (Å²) in [6.45, 7) is 2.26. The van der Waals surface area contributed by atoms with Gasteiger partial charge in [-0.05, 0) is 56.8 Å². The molecule has 1 amide bonds. The van der Waals surface area contributed by atoms with Crippen LogP contribution in [-0.4, -0.2) is 40.5 Å². The molecule has 2 aliphatic rings. The topological polar surface area (TPSA) is 62.2 Å². The lowest BCUT2D eigenvalue weighted by Crippen LogP contribution is -2.37. The monoisotopic (exact) mass is 551 g/mol. The number of pyridine rings is 2. The fraction of sp³-hybridized carbons (Fsp3) is 0.300. The van der Waals surface area contributed by atoms with Gasteiger partial charge in [-0.15, -0.1) is 11.3 Å². The molecular weight excluding hydrogens is 537 g/mol. The Morgan fingerprint density at radius 3 is 2.63 bits per heavy atom. The predicted molar refractivity (Wildman–Crippen MR) is 122 cm³/mol. The third-order valence-corrected chi connectivity index (χ3v) is 7.39. The number of carbonyl (C=O) groups excluding carboxylic acids is 1. The van der Waals surface area contributed by atoms with Crippen LogP contribution in [0.15, 0.2) is 33.5 Å². The lowest BCUT2D eigenvalue weighted by Gasteiger charge is -2.25. The molecule has 0 atom stereocenters. The highest BCUT2D eigenvalue weighted by atomic mass is 79.9. The zero-order valence-corrected chi connectivity index (χ0v) is 19.7. The number of fused-ring (bicyclic) bond motifs is 1. The average Bonchev–Trinajstić information content (AvgIpc) is 3.40. The summed E-state index contributed by atoms with van der Waals surface area (Å²) in [5.74, 6) is -0.0767. The van der Waals surface area contributed by atoms with Crippen molar-refractivity contribution < 1.29 is 9.18 Å². The van der Waals surface area contributed by atoms with Crippen molar-refractivity contribution >= 4 is 60.6 Å². The molecule has 0 saturated carbocycles. The van der Waals surface area contributed by atoms with Crippen molar-refractivity contribution in [2.75, 3.05) is 29.4 Å². The number of hydrogen-bond donors (Lipinski definition) is 0. The molecule has 6 nitrogen and oxygen atoms in total. The molecule has 154 valence electrons. The van der Waals surface area contributed by atoms with Gasteiger partial charge < -0.3 is 9.80 Å². The summed E-state index contributed by atoms with van der Waals surface area (Å²) >= 11 is 8.14. The molecule has 0 bridgehead atoms. The summed E-state index contributed by atoms with van der Waals surface area (Å²) in [6.07, 6.45) is 6.11. The van der Waals surface area contributed by atoms with Gasteiger partial charge in [-0.25, -0.2) is 9.97 Å². The summed E-state index contributed by atoms with van der Waals surface area (Å²) in [7, 11) is 0. The van der Waals surface area contributed by atoms with Crippen LogP contribution in [0, 0.1) is 5.95 Å². The van der Waals surface area contributed by atoms with E-state index < -0.39 is 5.95 Å². The molecule has 0 aromatic carbocycles. The SMILES string of the molecule is O=C1c2sc(-c3cc(Br)c(N4CCCC4)nc3F)nc2CCN1c1cncc(Br)c1. The molecule has 0 N–H and O–H groups in total. The molecule has 2 aliphatic heterocycles. The second-order valence-electron chi connectivity index (χ2n) is 7.19. The first-order valence-corrected chi connectivity index (χ1v) is 11.9. The fourth-order valence-electron chi connectivity index (χ4n) is 3.80. The van der Waals surface area contributed by atoms with Gasteiger partial charge in [0.1, 0.15) is 15.7 Å². The van der Waals surface area contributed by atoms with E-state index in [1.54, 1.807) is 23.4 Å². The third kappa shape index (κ3) is 3.54. The maximum Gasteiger partial charge on any atom is 0.270 e. The molecule has 5 heterocycles. The minimum absolute atomic E-state index is 0.138. The molecule has 3 aromatic rings. The van der Waals surface area contributed by atoms with Crippen molar-refractivity contribution in [3.05, 3.63) is 50.0 Å². The predicted octanol–water partition coefficient (Wildman–Crippen LogP) is 5.07. The Morgan fingerprint density at radius 2 is 1.87 bits per heavy atom. The fourth-order valence-corrected chi connectivity index (χ4v) is 5.78. The van der Waals surface area contributed by atoms with Gasteiger partial charge in [0, 0.05) is 36.7 Å². The quantitative estimate of drug-likeness (QED) is 0.425. The largest absolute Gasteiger partial charge is 0.356 e. The molecule has 1 saturated heterocycles. The zero-order valence-electron chi connectivity index (χ0n) is 15.7. The molecule has 5 rings (SSSR count). The van der Waals surface area contributed by atoms with Crippen molar-refractivity contribution in [2.45, 2.75) is 19.3 Å². The van der Waals surface area contributed by atoms with Crippen LogP contribution in [-0.2, 0) is 6.42 Å². The van der Waals surface area contributed by atoms with Gasteiger partial charge in [0.15, 0.2) is 0 Å². The van der Waals surface area contributed by atoms with E-state index in [1.807, 2.05) is 6.07 Å². The molecule has 0 radical (unpaired) electrons. The van der Waals surface area contributed by atoms with Crippen LogP contribution in [0.25, 0.3) is 10.6 Å². The van der Waals surface area contributed by atoms with E-state index in [0.29, 0.717) is 39.9 Å². The van der Waals surface area contributed by atoms with E-state index in [0.717, 1.165) is 40.6 Å². The van der Waals surface area contributed by atoms with Crippen molar-refractivity contribution in [2.24, 2.45) is 0 Å². The Morgan fingerprint density at radius 1 is 1.07 bits per heavy atom. The number of hydrogen-bond acceptors (Lipinski definition) is 6. The smallest absolute Gasteiger partial charge is 0.270 e. The molecule has 0 spiro atoms. The van der Waals surface area contributed by atoms with Crippen molar-refractivity contribution in [1.82, 2.24) is 15.0 Å². The Hall–Kier alpha value is -1.91. The highest BCUT2D eigenvalue weighted by Gasteiger charge is 2.31. The van der Waals surface area contributed by atoms with Gasteiger partial charge in [-0.1, -0.05) is 0 Å². The number of nitrogens with zero attached hydrogens (tertiary/aromatic N) is 5. The van der Waals surface area contributed by atoms with E-state index in [4.69, 9.17) is 0 Å². The molecule has 0 unspecified atom stereocenters. The zero-order chi connectivity index (χ0) is 20.8. The normalized spacial score (nSPS) is 16.3. The molecular formula is C20H16Br2FN5OS. The summed E-state index contributed by atoms with van der Waals surface area (Å²) in [4.78, 5) is 30.3. The van der Waals surface area contributed by atoms with Gasteiger partial charge in [0.2, 0.25) is 5.95 Å². The molecule has 30 heavy (non-hydrogen) atoms. The minimum atomic E-state index is -0.563. The first kappa shape index (κ1) is 20.0. The Kier molecular flexibility index (Phi) is 5.32. The van der Waals surface area contributed by atoms with Gasteiger partial charge in [0.05, 0.1) is 27.6 Å². The average molecular weight is 553 g/mol. The van der Waals surface area contributed by atoms with Crippen molar-refractivity contribution in [3.8, 4) is 10.6 Å². The summed E-state index contributed by atoms with van der Waals surface area (Å²) in [5.41, 5.74) is 1.74. The minimum Gasteiger partial charge on any atom is -0.356 e. The van der Waals surface area contributed by atoms with E-state index in [-0.39, 0.29) is 5.91 Å². The van der Waals surface area contributed by atoms with Crippen LogP contribution in [0.5, 0.6) is 0 Å². The van der Waals surface area contributed by atoms with Crippen LogP contribution in [0.1, 0.15) is 28.2 Å². The lowest BCUT2D eigenvalue weighted by atomic mass is 10.1. The number of aromatic nitrogens is 3. The summed E-state index contributed by atoms with van der Waals surface area (Å²) < 4.78 is 16.5. The van der Waals surface area contributed by atoms with Crippen molar-refractivity contribution in [1.29, 1.82) is 0 Å². The maximum absolute atomic E-state index is 14.9. The molecule has 3 aromatic heterocycles. The van der Waals surface area contributed by atoms with E-state index in [2.05, 4.69) is 51.7 Å². The van der Waals surface area contributed by atoms with E-state index >= 15 is 0 Å². The second-order valence-corrected chi connectivity index (χ2v) is 9.96.